The minimum atomic E-state index is -0.319. The van der Waals surface area contributed by atoms with Crippen LogP contribution in [-0.4, -0.2) is 28.4 Å². The predicted octanol–water partition coefficient (Wildman–Crippen LogP) is 2.47. The molecule has 1 aliphatic rings. The Morgan fingerprint density at radius 2 is 2.09 bits per heavy atom. The quantitative estimate of drug-likeness (QED) is 0.942. The monoisotopic (exact) mass is 306 g/mol. The number of amides is 1. The van der Waals surface area contributed by atoms with E-state index in [0.29, 0.717) is 30.9 Å². The molecule has 1 atom stereocenters. The molecule has 0 aliphatic carbocycles. The van der Waals surface area contributed by atoms with E-state index in [0.717, 1.165) is 11.3 Å². The number of aryl methyl sites for hydroxylation is 1. The number of hydrogen-bond acceptors (Lipinski definition) is 4. The fourth-order valence-electron chi connectivity index (χ4n) is 2.76. The summed E-state index contributed by atoms with van der Waals surface area (Å²) in [5.74, 6) is 0.550. The molecule has 1 aliphatic heterocycles. The number of carbonyl (C=O) groups excluding carboxylic acids is 1. The highest BCUT2D eigenvalue weighted by Gasteiger charge is 2.32. The van der Waals surface area contributed by atoms with Crippen molar-refractivity contribution in [1.29, 1.82) is 5.26 Å². The number of anilines is 1. The number of hydrogen-bond donors (Lipinski definition) is 1. The van der Waals surface area contributed by atoms with Gasteiger partial charge in [-0.15, -0.1) is 0 Å². The molecule has 2 heterocycles. The summed E-state index contributed by atoms with van der Waals surface area (Å²) in [6, 6.07) is 15.3. The second-order valence-electron chi connectivity index (χ2n) is 5.69. The maximum absolute atomic E-state index is 12.6. The van der Waals surface area contributed by atoms with E-state index in [1.54, 1.807) is 12.1 Å². The molecular weight excluding hydrogens is 288 g/mol. The van der Waals surface area contributed by atoms with Gasteiger partial charge in [-0.05, 0) is 31.0 Å². The maximum atomic E-state index is 12.6. The first-order valence-electron chi connectivity index (χ1n) is 7.64. The van der Waals surface area contributed by atoms with Gasteiger partial charge in [0.1, 0.15) is 17.9 Å². The van der Waals surface area contributed by atoms with E-state index >= 15 is 0 Å². The molecule has 1 aromatic carbocycles. The van der Waals surface area contributed by atoms with E-state index in [-0.39, 0.29) is 11.9 Å². The van der Waals surface area contributed by atoms with Crippen molar-refractivity contribution < 1.29 is 4.79 Å². The SMILES string of the molecule is Cc1ccc(C#N)c(NC2CCN(Cc3ccccc3)C2=O)n1. The third kappa shape index (κ3) is 3.32. The summed E-state index contributed by atoms with van der Waals surface area (Å²) < 4.78 is 0. The number of benzene rings is 1. The molecule has 1 fully saturated rings. The topological polar surface area (TPSA) is 69.0 Å². The van der Waals surface area contributed by atoms with E-state index in [9.17, 15) is 10.1 Å². The van der Waals surface area contributed by atoms with Crippen molar-refractivity contribution in [3.05, 3.63) is 59.3 Å². The van der Waals surface area contributed by atoms with Crippen LogP contribution < -0.4 is 5.32 Å². The Morgan fingerprint density at radius 3 is 2.83 bits per heavy atom. The molecule has 0 spiro atoms. The molecule has 23 heavy (non-hydrogen) atoms. The predicted molar refractivity (Wildman–Crippen MR) is 87.6 cm³/mol. The van der Waals surface area contributed by atoms with Crippen molar-refractivity contribution in [3.63, 3.8) is 0 Å². The first-order chi connectivity index (χ1) is 11.2. The number of nitrogens with zero attached hydrogens (tertiary/aromatic N) is 3. The molecule has 1 amide bonds. The molecule has 1 saturated heterocycles. The fourth-order valence-corrected chi connectivity index (χ4v) is 2.76. The van der Waals surface area contributed by atoms with E-state index in [4.69, 9.17) is 0 Å². The smallest absolute Gasteiger partial charge is 0.245 e. The van der Waals surface area contributed by atoms with Gasteiger partial charge in [-0.25, -0.2) is 4.98 Å². The molecule has 0 radical (unpaired) electrons. The van der Waals surface area contributed by atoms with Crippen LogP contribution in [0.1, 0.15) is 23.2 Å². The number of nitriles is 1. The Balaban J connectivity index is 1.70. The lowest BCUT2D eigenvalue weighted by molar-refractivity contribution is -0.128. The Labute approximate surface area is 135 Å². The molecule has 0 saturated carbocycles. The molecule has 1 unspecified atom stereocenters. The van der Waals surface area contributed by atoms with Crippen molar-refractivity contribution >= 4 is 11.7 Å². The van der Waals surface area contributed by atoms with Crippen molar-refractivity contribution in [2.45, 2.75) is 25.9 Å². The van der Waals surface area contributed by atoms with E-state index in [1.807, 2.05) is 42.2 Å². The van der Waals surface area contributed by atoms with Crippen LogP contribution in [0.4, 0.5) is 5.82 Å². The lowest BCUT2D eigenvalue weighted by Crippen LogP contribution is -2.33. The fraction of sp³-hybridized carbons (Fsp3) is 0.278. The van der Waals surface area contributed by atoms with Gasteiger partial charge in [0.25, 0.3) is 0 Å². The largest absolute Gasteiger partial charge is 0.357 e. The molecule has 5 heteroatoms. The summed E-state index contributed by atoms with van der Waals surface area (Å²) in [5, 5.41) is 12.3. The molecule has 5 nitrogen and oxygen atoms in total. The minimum absolute atomic E-state index is 0.0565. The van der Waals surface area contributed by atoms with Crippen molar-refractivity contribution in [1.82, 2.24) is 9.88 Å². The minimum Gasteiger partial charge on any atom is -0.357 e. The highest BCUT2D eigenvalue weighted by molar-refractivity contribution is 5.86. The highest BCUT2D eigenvalue weighted by atomic mass is 16.2. The average Bonchev–Trinajstić information content (AvgIpc) is 2.89. The van der Waals surface area contributed by atoms with Crippen LogP contribution in [0.5, 0.6) is 0 Å². The van der Waals surface area contributed by atoms with Crippen molar-refractivity contribution in [3.8, 4) is 6.07 Å². The second kappa shape index (κ2) is 6.49. The van der Waals surface area contributed by atoms with Gasteiger partial charge in [-0.3, -0.25) is 4.79 Å². The third-order valence-electron chi connectivity index (χ3n) is 3.98. The summed E-state index contributed by atoms with van der Waals surface area (Å²) >= 11 is 0. The maximum Gasteiger partial charge on any atom is 0.245 e. The van der Waals surface area contributed by atoms with Crippen molar-refractivity contribution in [2.24, 2.45) is 0 Å². The number of aromatic nitrogens is 1. The zero-order chi connectivity index (χ0) is 16.2. The number of carbonyl (C=O) groups is 1. The van der Waals surface area contributed by atoms with Crippen LogP contribution in [0, 0.1) is 18.3 Å². The first kappa shape index (κ1) is 15.0. The molecule has 3 rings (SSSR count). The normalized spacial score (nSPS) is 17.1. The Bertz CT molecular complexity index is 751. The molecule has 0 bridgehead atoms. The molecule has 2 aromatic rings. The summed E-state index contributed by atoms with van der Waals surface area (Å²) in [7, 11) is 0. The number of nitrogens with one attached hydrogen (secondary N) is 1. The van der Waals surface area contributed by atoms with Crippen LogP contribution in [0.25, 0.3) is 0 Å². The van der Waals surface area contributed by atoms with Crippen molar-refractivity contribution in [2.75, 3.05) is 11.9 Å². The van der Waals surface area contributed by atoms with Gasteiger partial charge in [0.15, 0.2) is 0 Å². The van der Waals surface area contributed by atoms with Gasteiger partial charge >= 0.3 is 0 Å². The van der Waals surface area contributed by atoms with Crippen LogP contribution >= 0.6 is 0 Å². The first-order valence-corrected chi connectivity index (χ1v) is 7.64. The van der Waals surface area contributed by atoms with Gasteiger partial charge in [-0.2, -0.15) is 5.26 Å². The molecule has 1 aromatic heterocycles. The van der Waals surface area contributed by atoms with Crippen LogP contribution in [0.3, 0.4) is 0 Å². The van der Waals surface area contributed by atoms with Gasteiger partial charge in [0.2, 0.25) is 5.91 Å². The Morgan fingerprint density at radius 1 is 1.30 bits per heavy atom. The Hall–Kier alpha value is -2.87. The highest BCUT2D eigenvalue weighted by Crippen LogP contribution is 2.20. The van der Waals surface area contributed by atoms with Gasteiger partial charge in [0.05, 0.1) is 5.56 Å². The number of pyridine rings is 1. The second-order valence-corrected chi connectivity index (χ2v) is 5.69. The van der Waals surface area contributed by atoms with Crippen LogP contribution in [0.15, 0.2) is 42.5 Å². The van der Waals surface area contributed by atoms with E-state index in [2.05, 4.69) is 16.4 Å². The molecular formula is C18H18N4O. The molecule has 116 valence electrons. The standard InChI is InChI=1S/C18H18N4O/c1-13-7-8-15(11-19)17(20-13)21-16-9-10-22(18(16)23)12-14-5-3-2-4-6-14/h2-8,16H,9-10,12H2,1H3,(H,20,21). The number of rotatable bonds is 4. The number of likely N-dealkylation sites (tertiary alicyclic amines) is 1. The van der Waals surface area contributed by atoms with E-state index in [1.165, 1.54) is 0 Å². The van der Waals surface area contributed by atoms with Crippen LogP contribution in [0.2, 0.25) is 0 Å². The molecule has 1 N–H and O–H groups in total. The lowest BCUT2D eigenvalue weighted by atomic mass is 10.2. The summed E-state index contributed by atoms with van der Waals surface area (Å²) in [6.45, 7) is 3.19. The third-order valence-corrected chi connectivity index (χ3v) is 3.98. The summed E-state index contributed by atoms with van der Waals surface area (Å²) in [5.41, 5.74) is 2.40. The zero-order valence-electron chi connectivity index (χ0n) is 13.0. The summed E-state index contributed by atoms with van der Waals surface area (Å²) in [4.78, 5) is 18.7. The average molecular weight is 306 g/mol. The van der Waals surface area contributed by atoms with Gasteiger partial charge in [-0.1, -0.05) is 30.3 Å². The zero-order valence-corrected chi connectivity index (χ0v) is 13.0. The van der Waals surface area contributed by atoms with Gasteiger partial charge < -0.3 is 10.2 Å². The van der Waals surface area contributed by atoms with Crippen LogP contribution in [-0.2, 0) is 11.3 Å². The Kier molecular flexibility index (Phi) is 4.24. The van der Waals surface area contributed by atoms with Gasteiger partial charge in [0, 0.05) is 18.8 Å². The summed E-state index contributed by atoms with van der Waals surface area (Å²) in [6.07, 6.45) is 0.714. The van der Waals surface area contributed by atoms with E-state index < -0.39 is 0 Å². The lowest BCUT2D eigenvalue weighted by Gasteiger charge is -2.18.